The van der Waals surface area contributed by atoms with E-state index in [1.54, 1.807) is 26.0 Å². The van der Waals surface area contributed by atoms with Crippen LogP contribution in [0.25, 0.3) is 5.69 Å². The van der Waals surface area contributed by atoms with Gasteiger partial charge in [0.2, 0.25) is 10.0 Å². The quantitative estimate of drug-likeness (QED) is 0.525. The molecule has 1 aromatic heterocycles. The second kappa shape index (κ2) is 9.63. The Morgan fingerprint density at radius 2 is 1.76 bits per heavy atom. The molecule has 0 radical (unpaired) electrons. The fourth-order valence-corrected chi connectivity index (χ4v) is 5.67. The molecule has 0 atom stereocenters. The van der Waals surface area contributed by atoms with Gasteiger partial charge in [0.1, 0.15) is 0 Å². The van der Waals surface area contributed by atoms with Crippen LogP contribution in [0.15, 0.2) is 47.4 Å². The topological polar surface area (TPSA) is 84.3 Å². The molecule has 1 heterocycles. The highest BCUT2D eigenvalue weighted by molar-refractivity contribution is 7.89. The van der Waals surface area contributed by atoms with Crippen LogP contribution in [0, 0.1) is 11.6 Å². The number of sulfonamides is 1. The molecule has 2 aromatic carbocycles. The van der Waals surface area contributed by atoms with E-state index >= 15 is 0 Å². The number of carbonyl (C=O) groups is 1. The lowest BCUT2D eigenvalue weighted by Crippen LogP contribution is -2.30. The van der Waals surface area contributed by atoms with Gasteiger partial charge in [-0.15, -0.1) is 0 Å². The molecule has 0 bridgehead atoms. The summed E-state index contributed by atoms with van der Waals surface area (Å²) in [6.45, 7) is 4.54. The van der Waals surface area contributed by atoms with Crippen LogP contribution in [0.3, 0.4) is 0 Å². The normalized spacial score (nSPS) is 13.3. The van der Waals surface area contributed by atoms with Gasteiger partial charge in [-0.2, -0.15) is 9.40 Å². The van der Waals surface area contributed by atoms with Crippen LogP contribution in [0.2, 0.25) is 0 Å². The van der Waals surface area contributed by atoms with Gasteiger partial charge in [-0.1, -0.05) is 26.0 Å². The molecule has 0 saturated carbocycles. The number of hydrogen-bond acceptors (Lipinski definition) is 4. The Labute approximate surface area is 197 Å². The van der Waals surface area contributed by atoms with E-state index in [0.29, 0.717) is 31.6 Å². The maximum Gasteiger partial charge on any atom is 0.272 e. The van der Waals surface area contributed by atoms with Gasteiger partial charge in [0.15, 0.2) is 17.3 Å². The van der Waals surface area contributed by atoms with Crippen molar-refractivity contribution in [3.63, 3.8) is 0 Å². The van der Waals surface area contributed by atoms with E-state index in [2.05, 4.69) is 10.4 Å². The van der Waals surface area contributed by atoms with Crippen LogP contribution in [-0.2, 0) is 29.4 Å². The van der Waals surface area contributed by atoms with Crippen molar-refractivity contribution in [2.75, 3.05) is 13.1 Å². The Bertz CT molecular complexity index is 1320. The molecule has 4 rings (SSSR count). The number of nitrogens with zero attached hydrogens (tertiary/aromatic N) is 3. The summed E-state index contributed by atoms with van der Waals surface area (Å²) in [5, 5.41) is 7.23. The molecule has 1 N–H and O–H groups in total. The van der Waals surface area contributed by atoms with E-state index in [1.807, 2.05) is 0 Å². The lowest BCUT2D eigenvalue weighted by Gasteiger charge is -2.18. The standard InChI is InChI=1S/C24H26F2N4O3S/c1-3-29(4-2)34(32,33)18-11-8-16(9-12-18)15-27-24(31)23-19-6-5-7-22(19)30(28-23)17-10-13-20(25)21(26)14-17/h8-14H,3-7,15H2,1-2H3,(H,27,31). The van der Waals surface area contributed by atoms with E-state index in [0.717, 1.165) is 35.4 Å². The Balaban J connectivity index is 1.50. The third-order valence-electron chi connectivity index (χ3n) is 6.01. The van der Waals surface area contributed by atoms with Crippen LogP contribution >= 0.6 is 0 Å². The van der Waals surface area contributed by atoms with Gasteiger partial charge in [-0.25, -0.2) is 21.9 Å². The van der Waals surface area contributed by atoms with Crippen molar-refractivity contribution in [3.05, 3.63) is 76.6 Å². The maximum absolute atomic E-state index is 13.7. The van der Waals surface area contributed by atoms with Gasteiger partial charge >= 0.3 is 0 Å². The lowest BCUT2D eigenvalue weighted by molar-refractivity contribution is 0.0944. The molecule has 180 valence electrons. The van der Waals surface area contributed by atoms with E-state index in [4.69, 9.17) is 0 Å². The largest absolute Gasteiger partial charge is 0.347 e. The van der Waals surface area contributed by atoms with Crippen molar-refractivity contribution in [2.45, 2.75) is 44.6 Å². The molecule has 1 aliphatic carbocycles. The molecule has 10 heteroatoms. The first-order valence-electron chi connectivity index (χ1n) is 11.2. The number of hydrogen-bond donors (Lipinski definition) is 1. The van der Waals surface area contributed by atoms with E-state index in [9.17, 15) is 22.0 Å². The summed E-state index contributed by atoms with van der Waals surface area (Å²) in [6, 6.07) is 9.94. The minimum absolute atomic E-state index is 0.192. The van der Waals surface area contributed by atoms with Crippen molar-refractivity contribution in [2.24, 2.45) is 0 Å². The fourth-order valence-electron chi connectivity index (χ4n) is 4.21. The second-order valence-corrected chi connectivity index (χ2v) is 9.99. The Morgan fingerprint density at radius 3 is 2.41 bits per heavy atom. The molecule has 0 unspecified atom stereocenters. The van der Waals surface area contributed by atoms with Crippen LogP contribution in [0.5, 0.6) is 0 Å². The molecule has 7 nitrogen and oxygen atoms in total. The van der Waals surface area contributed by atoms with E-state index in [1.165, 1.54) is 27.2 Å². The molecule has 0 aliphatic heterocycles. The van der Waals surface area contributed by atoms with Crippen molar-refractivity contribution < 1.29 is 22.0 Å². The number of fused-ring (bicyclic) bond motifs is 1. The minimum Gasteiger partial charge on any atom is -0.347 e. The van der Waals surface area contributed by atoms with Gasteiger partial charge in [-0.05, 0) is 49.1 Å². The second-order valence-electron chi connectivity index (χ2n) is 8.05. The van der Waals surface area contributed by atoms with Crippen LogP contribution < -0.4 is 5.32 Å². The van der Waals surface area contributed by atoms with Gasteiger partial charge < -0.3 is 5.32 Å². The zero-order chi connectivity index (χ0) is 24.5. The van der Waals surface area contributed by atoms with Crippen LogP contribution in [0.1, 0.15) is 47.6 Å². The zero-order valence-electron chi connectivity index (χ0n) is 19.0. The first-order valence-corrected chi connectivity index (χ1v) is 12.6. The summed E-state index contributed by atoms with van der Waals surface area (Å²) in [7, 11) is -3.55. The van der Waals surface area contributed by atoms with E-state index < -0.39 is 21.7 Å². The molecule has 0 spiro atoms. The minimum atomic E-state index is -3.55. The van der Waals surface area contributed by atoms with Gasteiger partial charge in [-0.3, -0.25) is 4.79 Å². The third-order valence-corrected chi connectivity index (χ3v) is 8.08. The number of carbonyl (C=O) groups excluding carboxylic acids is 1. The van der Waals surface area contributed by atoms with Crippen molar-refractivity contribution in [1.29, 1.82) is 0 Å². The summed E-state index contributed by atoms with van der Waals surface area (Å²) in [5.41, 5.74) is 2.99. The summed E-state index contributed by atoms with van der Waals surface area (Å²) >= 11 is 0. The molecule has 0 saturated heterocycles. The highest BCUT2D eigenvalue weighted by Crippen LogP contribution is 2.28. The van der Waals surface area contributed by atoms with E-state index in [-0.39, 0.29) is 23.0 Å². The number of nitrogens with one attached hydrogen (secondary N) is 1. The average molecular weight is 489 g/mol. The number of halogens is 2. The van der Waals surface area contributed by atoms with Crippen molar-refractivity contribution in [1.82, 2.24) is 19.4 Å². The van der Waals surface area contributed by atoms with Crippen LogP contribution in [0.4, 0.5) is 8.78 Å². The summed E-state index contributed by atoms with van der Waals surface area (Å²) in [5.74, 6) is -2.29. The number of benzene rings is 2. The van der Waals surface area contributed by atoms with Crippen molar-refractivity contribution >= 4 is 15.9 Å². The molecule has 0 fully saturated rings. The fraction of sp³-hybridized carbons (Fsp3) is 0.333. The predicted octanol–water partition coefficient (Wildman–Crippen LogP) is 3.60. The predicted molar refractivity (Wildman–Crippen MR) is 123 cm³/mol. The third kappa shape index (κ3) is 4.47. The Hall–Kier alpha value is -3.11. The van der Waals surface area contributed by atoms with Crippen LogP contribution in [-0.4, -0.2) is 41.5 Å². The number of amides is 1. The van der Waals surface area contributed by atoms with Gasteiger partial charge in [0.05, 0.1) is 10.6 Å². The van der Waals surface area contributed by atoms with Crippen molar-refractivity contribution in [3.8, 4) is 5.69 Å². The molecular formula is C24H26F2N4O3S. The zero-order valence-corrected chi connectivity index (χ0v) is 19.8. The lowest BCUT2D eigenvalue weighted by atomic mass is 10.2. The number of rotatable bonds is 8. The Kier molecular flexibility index (Phi) is 6.81. The molecule has 34 heavy (non-hydrogen) atoms. The monoisotopic (exact) mass is 488 g/mol. The molecule has 1 amide bonds. The maximum atomic E-state index is 13.7. The Morgan fingerprint density at radius 1 is 1.06 bits per heavy atom. The molecule has 1 aliphatic rings. The summed E-state index contributed by atoms with van der Waals surface area (Å²) < 4.78 is 55.2. The number of aromatic nitrogens is 2. The average Bonchev–Trinajstić information content (AvgIpc) is 3.43. The van der Waals surface area contributed by atoms with Gasteiger partial charge in [0, 0.05) is 37.0 Å². The van der Waals surface area contributed by atoms with Gasteiger partial charge in [0.25, 0.3) is 5.91 Å². The summed E-state index contributed by atoms with van der Waals surface area (Å²) in [6.07, 6.45) is 2.22. The first kappa shape index (κ1) is 24.0. The summed E-state index contributed by atoms with van der Waals surface area (Å²) in [4.78, 5) is 13.1. The molecule has 3 aromatic rings. The molecular weight excluding hydrogens is 462 g/mol. The highest BCUT2D eigenvalue weighted by atomic mass is 32.2. The first-order chi connectivity index (χ1) is 16.3. The highest BCUT2D eigenvalue weighted by Gasteiger charge is 2.27. The SMILES string of the molecule is CCN(CC)S(=O)(=O)c1ccc(CNC(=O)c2nn(-c3ccc(F)c(F)c3)c3c2CCC3)cc1. The smallest absolute Gasteiger partial charge is 0.272 e.